The van der Waals surface area contributed by atoms with E-state index >= 15 is 0 Å². The maximum Gasteiger partial charge on any atom is 0.179 e. The zero-order valence-electron chi connectivity index (χ0n) is 14.1. The third kappa shape index (κ3) is 5.39. The van der Waals surface area contributed by atoms with Gasteiger partial charge >= 0.3 is 0 Å². The Balaban J connectivity index is 1.90. The molecule has 3 nitrogen and oxygen atoms in total. The molecule has 0 aliphatic heterocycles. The highest BCUT2D eigenvalue weighted by atomic mass is 35.5. The van der Waals surface area contributed by atoms with Crippen LogP contribution in [0, 0.1) is 5.82 Å². The highest BCUT2D eigenvalue weighted by Gasteiger charge is 2.11. The van der Waals surface area contributed by atoms with Gasteiger partial charge in [-0.2, -0.15) is 0 Å². The van der Waals surface area contributed by atoms with Crippen LogP contribution in [0.3, 0.4) is 0 Å². The largest absolute Gasteiger partial charge is 0.493 e. The van der Waals surface area contributed by atoms with E-state index in [1.54, 1.807) is 19.2 Å². The molecule has 5 heteroatoms. The van der Waals surface area contributed by atoms with Crippen LogP contribution in [0.2, 0.25) is 5.02 Å². The molecule has 0 heterocycles. The fraction of sp³-hybridized carbons (Fsp3) is 0.368. The van der Waals surface area contributed by atoms with Crippen molar-refractivity contribution in [3.8, 4) is 11.5 Å². The van der Waals surface area contributed by atoms with Crippen molar-refractivity contribution in [3.63, 3.8) is 0 Å². The number of hydrogen-bond donors (Lipinski definition) is 1. The van der Waals surface area contributed by atoms with Gasteiger partial charge in [-0.3, -0.25) is 0 Å². The van der Waals surface area contributed by atoms with Crippen molar-refractivity contribution in [1.29, 1.82) is 0 Å². The normalized spacial score (nSPS) is 10.7. The van der Waals surface area contributed by atoms with Crippen LogP contribution in [-0.4, -0.2) is 20.3 Å². The lowest BCUT2D eigenvalue weighted by Crippen LogP contribution is -2.16. The lowest BCUT2D eigenvalue weighted by molar-refractivity contribution is 0.294. The first-order chi connectivity index (χ1) is 11.6. The topological polar surface area (TPSA) is 30.5 Å². The maximum atomic E-state index is 12.9. The summed E-state index contributed by atoms with van der Waals surface area (Å²) >= 11 is 6.30. The molecule has 2 rings (SSSR count). The van der Waals surface area contributed by atoms with Crippen molar-refractivity contribution >= 4 is 11.6 Å². The molecule has 0 aliphatic carbocycles. The third-order valence-electron chi connectivity index (χ3n) is 3.57. The smallest absolute Gasteiger partial charge is 0.179 e. The summed E-state index contributed by atoms with van der Waals surface area (Å²) in [4.78, 5) is 0. The van der Waals surface area contributed by atoms with Gasteiger partial charge in [-0.15, -0.1) is 0 Å². The van der Waals surface area contributed by atoms with E-state index < -0.39 is 0 Å². The molecule has 2 aromatic rings. The summed E-state index contributed by atoms with van der Waals surface area (Å²) in [5.41, 5.74) is 2.13. The minimum absolute atomic E-state index is 0.209. The monoisotopic (exact) mass is 351 g/mol. The summed E-state index contributed by atoms with van der Waals surface area (Å²) < 4.78 is 23.9. The molecule has 0 saturated heterocycles. The van der Waals surface area contributed by atoms with Gasteiger partial charge in [0, 0.05) is 6.54 Å². The summed E-state index contributed by atoms with van der Waals surface area (Å²) in [7, 11) is 1.61. The van der Waals surface area contributed by atoms with E-state index in [1.807, 2.05) is 19.1 Å². The Bertz CT molecular complexity index is 647. The van der Waals surface area contributed by atoms with Crippen LogP contribution in [-0.2, 0) is 13.0 Å². The van der Waals surface area contributed by atoms with Gasteiger partial charge in [-0.25, -0.2) is 4.39 Å². The van der Waals surface area contributed by atoms with Gasteiger partial charge in [-0.05, 0) is 54.8 Å². The van der Waals surface area contributed by atoms with Crippen molar-refractivity contribution in [2.75, 3.05) is 20.3 Å². The Labute approximate surface area is 147 Å². The van der Waals surface area contributed by atoms with E-state index in [2.05, 4.69) is 5.32 Å². The molecule has 0 radical (unpaired) electrons. The number of hydrogen-bond acceptors (Lipinski definition) is 3. The second kappa shape index (κ2) is 9.50. The van der Waals surface area contributed by atoms with Crippen molar-refractivity contribution in [1.82, 2.24) is 5.32 Å². The lowest BCUT2D eigenvalue weighted by Gasteiger charge is -2.14. The molecule has 0 atom stereocenters. The molecule has 0 aromatic heterocycles. The molecule has 0 amide bonds. The van der Waals surface area contributed by atoms with E-state index in [9.17, 15) is 4.39 Å². The zero-order valence-corrected chi connectivity index (χ0v) is 14.8. The number of benzene rings is 2. The maximum absolute atomic E-state index is 12.9. The Kier molecular flexibility index (Phi) is 7.35. The Morgan fingerprint density at radius 3 is 2.54 bits per heavy atom. The molecule has 0 bridgehead atoms. The van der Waals surface area contributed by atoms with E-state index in [0.717, 1.165) is 30.5 Å². The highest BCUT2D eigenvalue weighted by molar-refractivity contribution is 6.32. The van der Waals surface area contributed by atoms with Crippen molar-refractivity contribution in [3.05, 3.63) is 58.4 Å². The van der Waals surface area contributed by atoms with Gasteiger partial charge in [0.15, 0.2) is 11.5 Å². The van der Waals surface area contributed by atoms with Crippen LogP contribution in [0.5, 0.6) is 11.5 Å². The summed E-state index contributed by atoms with van der Waals surface area (Å²) in [6, 6.07) is 10.4. The third-order valence-corrected chi connectivity index (χ3v) is 3.85. The summed E-state index contributed by atoms with van der Waals surface area (Å²) in [6.45, 7) is 4.11. The second-order valence-corrected chi connectivity index (χ2v) is 5.92. The van der Waals surface area contributed by atoms with Crippen molar-refractivity contribution in [2.45, 2.75) is 26.3 Å². The Morgan fingerprint density at radius 1 is 1.12 bits per heavy atom. The average molecular weight is 352 g/mol. The molecule has 2 aromatic carbocycles. The van der Waals surface area contributed by atoms with E-state index in [4.69, 9.17) is 21.1 Å². The number of ether oxygens (including phenoxy) is 2. The summed E-state index contributed by atoms with van der Waals surface area (Å²) in [5, 5.41) is 3.91. The van der Waals surface area contributed by atoms with Gasteiger partial charge in [-0.1, -0.05) is 30.7 Å². The van der Waals surface area contributed by atoms with Crippen LogP contribution in [0.1, 0.15) is 24.5 Å². The summed E-state index contributed by atoms with van der Waals surface area (Å²) in [5.74, 6) is 1.03. The molecular formula is C19H23ClFNO2. The van der Waals surface area contributed by atoms with E-state index in [1.165, 1.54) is 12.1 Å². The number of methoxy groups -OCH3 is 1. The minimum atomic E-state index is -0.209. The standard InChI is InChI=1S/C19H23ClFNO2/c1-3-10-24-19-17(20)11-15(12-18(19)23-2)13-22-9-8-14-4-6-16(21)7-5-14/h4-7,11-12,22H,3,8-10,13H2,1-2H3. The van der Waals surface area contributed by atoms with Crippen LogP contribution >= 0.6 is 11.6 Å². The predicted octanol–water partition coefficient (Wildman–Crippen LogP) is 4.61. The SMILES string of the molecule is CCCOc1c(Cl)cc(CNCCc2ccc(F)cc2)cc1OC. The van der Waals surface area contributed by atoms with Gasteiger partial charge < -0.3 is 14.8 Å². The molecule has 0 spiro atoms. The van der Waals surface area contributed by atoms with Crippen molar-refractivity contribution < 1.29 is 13.9 Å². The van der Waals surface area contributed by atoms with Gasteiger partial charge in [0.2, 0.25) is 0 Å². The molecule has 0 fully saturated rings. The fourth-order valence-corrected chi connectivity index (χ4v) is 2.62. The zero-order chi connectivity index (χ0) is 17.4. The first kappa shape index (κ1) is 18.6. The Hall–Kier alpha value is -1.78. The van der Waals surface area contributed by atoms with E-state index in [0.29, 0.717) is 29.7 Å². The lowest BCUT2D eigenvalue weighted by atomic mass is 10.1. The summed E-state index contributed by atoms with van der Waals surface area (Å²) in [6.07, 6.45) is 1.75. The molecule has 130 valence electrons. The van der Waals surface area contributed by atoms with Gasteiger partial charge in [0.1, 0.15) is 5.82 Å². The van der Waals surface area contributed by atoms with Crippen LogP contribution in [0.25, 0.3) is 0 Å². The minimum Gasteiger partial charge on any atom is -0.493 e. The van der Waals surface area contributed by atoms with Crippen LogP contribution in [0.4, 0.5) is 4.39 Å². The first-order valence-corrected chi connectivity index (χ1v) is 8.46. The molecule has 1 N–H and O–H groups in total. The molecule has 24 heavy (non-hydrogen) atoms. The van der Waals surface area contributed by atoms with E-state index in [-0.39, 0.29) is 5.82 Å². The molecule has 0 aliphatic rings. The fourth-order valence-electron chi connectivity index (χ4n) is 2.34. The van der Waals surface area contributed by atoms with Crippen molar-refractivity contribution in [2.24, 2.45) is 0 Å². The number of nitrogens with one attached hydrogen (secondary N) is 1. The quantitative estimate of drug-likeness (QED) is 0.669. The highest BCUT2D eigenvalue weighted by Crippen LogP contribution is 2.36. The molecule has 0 saturated carbocycles. The van der Waals surface area contributed by atoms with Gasteiger partial charge in [0.25, 0.3) is 0 Å². The first-order valence-electron chi connectivity index (χ1n) is 8.08. The van der Waals surface area contributed by atoms with Gasteiger partial charge in [0.05, 0.1) is 18.7 Å². The Morgan fingerprint density at radius 2 is 1.88 bits per heavy atom. The van der Waals surface area contributed by atoms with Crippen LogP contribution in [0.15, 0.2) is 36.4 Å². The van der Waals surface area contributed by atoms with Crippen LogP contribution < -0.4 is 14.8 Å². The average Bonchev–Trinajstić information content (AvgIpc) is 2.59. The number of halogens is 2. The number of rotatable bonds is 9. The predicted molar refractivity (Wildman–Crippen MR) is 95.6 cm³/mol. The molecule has 0 unspecified atom stereocenters. The molecular weight excluding hydrogens is 329 g/mol. The second-order valence-electron chi connectivity index (χ2n) is 5.51.